The molecule has 3 N–H and O–H groups in total. The van der Waals surface area contributed by atoms with Gasteiger partial charge in [-0.15, -0.1) is 11.3 Å². The molecule has 2 saturated heterocycles. The highest BCUT2D eigenvalue weighted by Gasteiger charge is 2.39. The lowest BCUT2D eigenvalue weighted by Gasteiger charge is -2.36. The number of aryl methyl sites for hydroxylation is 1. The Bertz CT molecular complexity index is 2160. The molecule has 15 nitrogen and oxygen atoms in total. The normalized spacial score (nSPS) is 18.4. The summed E-state index contributed by atoms with van der Waals surface area (Å²) in [6, 6.07) is 17.5. The summed E-state index contributed by atoms with van der Waals surface area (Å²) in [5.74, 6) is 1.31. The van der Waals surface area contributed by atoms with Gasteiger partial charge in [0.15, 0.2) is 0 Å². The number of hydrogen-bond donors (Lipinski definition) is 3. The van der Waals surface area contributed by atoms with Gasteiger partial charge in [-0.25, -0.2) is 9.97 Å². The number of hydrogen-bond acceptors (Lipinski definition) is 13. The molecule has 2 aromatic carbocycles. The number of piperazine rings is 1. The number of fused-ring (bicyclic) bond motifs is 3. The number of carbonyl (C=O) groups excluding carboxylic acids is 2. The summed E-state index contributed by atoms with van der Waals surface area (Å²) in [6.45, 7) is 16.0. The third-order valence-electron chi connectivity index (χ3n) is 11.3. The standard InChI is InChI=1S/C44H59N9O6S/c1-31-41(60-30-46-31)33-11-9-32(10-12-33)26-45-42(56)37-25-34(54)27-52(37)28-38(44(2,3)4)48-40(55)29-59-24-23-58-22-21-57-20-19-50-15-17-51(18-16-50)39-13-14-53-36-8-6-5-7-35(36)47-43(53)49-39/h5-14,30,34,37-38,54H,15-29H2,1-4H3,(H,45,56)(H,48,55)/t34-,37+,38-/m1/s1. The van der Waals surface area contributed by atoms with Crippen LogP contribution in [0.3, 0.4) is 0 Å². The minimum Gasteiger partial charge on any atom is -0.392 e. The van der Waals surface area contributed by atoms with Crippen LogP contribution >= 0.6 is 11.3 Å². The van der Waals surface area contributed by atoms with Crippen molar-refractivity contribution in [3.63, 3.8) is 0 Å². The molecular weight excluding hydrogens is 783 g/mol. The number of anilines is 1. The number of amides is 2. The first-order chi connectivity index (χ1) is 29.0. The van der Waals surface area contributed by atoms with Crippen LogP contribution in [0.2, 0.25) is 0 Å². The molecule has 0 aliphatic carbocycles. The zero-order valence-electron chi connectivity index (χ0n) is 35.2. The molecule has 16 heteroatoms. The molecule has 5 heterocycles. The lowest BCUT2D eigenvalue weighted by molar-refractivity contribution is -0.128. The predicted molar refractivity (Wildman–Crippen MR) is 233 cm³/mol. The van der Waals surface area contributed by atoms with E-state index in [1.54, 1.807) is 11.3 Å². The van der Waals surface area contributed by atoms with Crippen LogP contribution in [-0.2, 0) is 30.3 Å². The number of imidazole rings is 1. The summed E-state index contributed by atoms with van der Waals surface area (Å²) < 4.78 is 19.2. The number of aromatic nitrogens is 4. The number of carbonyl (C=O) groups is 2. The van der Waals surface area contributed by atoms with Gasteiger partial charge in [-0.2, -0.15) is 4.98 Å². The summed E-state index contributed by atoms with van der Waals surface area (Å²) in [4.78, 5) is 48.0. The first kappa shape index (κ1) is 43.5. The summed E-state index contributed by atoms with van der Waals surface area (Å²) >= 11 is 1.61. The van der Waals surface area contributed by atoms with Crippen molar-refractivity contribution >= 4 is 45.8 Å². The first-order valence-corrected chi connectivity index (χ1v) is 21.8. The quantitative estimate of drug-likeness (QED) is 0.104. The fraction of sp³-hybridized carbons (Fsp3) is 0.523. The van der Waals surface area contributed by atoms with E-state index in [2.05, 4.69) is 69.5 Å². The van der Waals surface area contributed by atoms with Crippen molar-refractivity contribution in [2.75, 3.05) is 90.4 Å². The third kappa shape index (κ3) is 11.4. The molecule has 0 radical (unpaired) electrons. The van der Waals surface area contributed by atoms with Crippen molar-refractivity contribution < 1.29 is 28.9 Å². The van der Waals surface area contributed by atoms with Gasteiger partial charge in [0.25, 0.3) is 0 Å². The summed E-state index contributed by atoms with van der Waals surface area (Å²) in [5.41, 5.74) is 6.65. The molecule has 0 bridgehead atoms. The Morgan fingerprint density at radius 3 is 2.40 bits per heavy atom. The predicted octanol–water partition coefficient (Wildman–Crippen LogP) is 3.77. The molecule has 60 heavy (non-hydrogen) atoms. The van der Waals surface area contributed by atoms with E-state index in [-0.39, 0.29) is 36.5 Å². The Morgan fingerprint density at radius 2 is 1.67 bits per heavy atom. The fourth-order valence-corrected chi connectivity index (χ4v) is 8.55. The van der Waals surface area contributed by atoms with Gasteiger partial charge in [0.05, 0.1) is 72.3 Å². The highest BCUT2D eigenvalue weighted by molar-refractivity contribution is 7.13. The van der Waals surface area contributed by atoms with Crippen LogP contribution in [0, 0.1) is 12.3 Å². The second-order valence-electron chi connectivity index (χ2n) is 16.7. The SMILES string of the molecule is Cc1ncsc1-c1ccc(CNC(=O)[C@@H]2C[C@@H](O)CN2C[C@@H](NC(=O)COCCOCCOCCN2CCN(c3ccn4c(n3)nc3ccccc34)CC2)C(C)(C)C)cc1. The van der Waals surface area contributed by atoms with Gasteiger partial charge in [-0.1, -0.05) is 57.2 Å². The van der Waals surface area contributed by atoms with Crippen LogP contribution in [-0.4, -0.2) is 150 Å². The Kier molecular flexibility index (Phi) is 14.8. The average molecular weight is 842 g/mol. The first-order valence-electron chi connectivity index (χ1n) is 20.9. The highest BCUT2D eigenvalue weighted by atomic mass is 32.1. The molecule has 2 aliphatic rings. The van der Waals surface area contributed by atoms with E-state index in [9.17, 15) is 14.7 Å². The zero-order valence-corrected chi connectivity index (χ0v) is 36.0. The van der Waals surface area contributed by atoms with Crippen LogP contribution in [0.4, 0.5) is 5.82 Å². The summed E-state index contributed by atoms with van der Waals surface area (Å²) in [7, 11) is 0. The number of benzene rings is 2. The van der Waals surface area contributed by atoms with E-state index in [4.69, 9.17) is 19.2 Å². The molecule has 7 rings (SSSR count). The lowest BCUT2D eigenvalue weighted by Crippen LogP contribution is -2.54. The molecule has 0 saturated carbocycles. The van der Waals surface area contributed by atoms with E-state index in [0.29, 0.717) is 52.5 Å². The minimum atomic E-state index is -0.620. The number of rotatable bonds is 19. The zero-order chi connectivity index (χ0) is 42.1. The molecule has 2 aliphatic heterocycles. The lowest BCUT2D eigenvalue weighted by atomic mass is 9.86. The number of nitrogens with one attached hydrogen (secondary N) is 2. The number of thiazole rings is 1. The number of β-amino-alcohol motifs (C(OH)–C–C–N with tert-alkyl or cyclic N) is 1. The average Bonchev–Trinajstić information content (AvgIpc) is 3.96. The van der Waals surface area contributed by atoms with Gasteiger partial charge in [0.2, 0.25) is 17.6 Å². The number of nitrogens with zero attached hydrogens (tertiary/aromatic N) is 7. The topological polar surface area (TPSA) is 159 Å². The van der Waals surface area contributed by atoms with Gasteiger partial charge < -0.3 is 34.9 Å². The number of ether oxygens (including phenoxy) is 3. The van der Waals surface area contributed by atoms with Gasteiger partial charge >= 0.3 is 0 Å². The molecule has 2 fully saturated rings. The number of aliphatic hydroxyl groups is 1. The number of aliphatic hydroxyl groups excluding tert-OH is 1. The summed E-state index contributed by atoms with van der Waals surface area (Å²) in [5, 5.41) is 16.7. The van der Waals surface area contributed by atoms with Gasteiger partial charge in [0, 0.05) is 64.6 Å². The fourth-order valence-electron chi connectivity index (χ4n) is 7.73. The monoisotopic (exact) mass is 841 g/mol. The van der Waals surface area contributed by atoms with Crippen LogP contribution in [0.25, 0.3) is 27.3 Å². The van der Waals surface area contributed by atoms with Crippen molar-refractivity contribution in [1.29, 1.82) is 0 Å². The smallest absolute Gasteiger partial charge is 0.246 e. The molecule has 3 aromatic heterocycles. The molecule has 322 valence electrons. The van der Waals surface area contributed by atoms with Gasteiger partial charge in [0.1, 0.15) is 12.4 Å². The maximum Gasteiger partial charge on any atom is 0.246 e. The van der Waals surface area contributed by atoms with Gasteiger partial charge in [-0.05, 0) is 48.1 Å². The van der Waals surface area contributed by atoms with Crippen molar-refractivity contribution in [1.82, 2.24) is 39.8 Å². The van der Waals surface area contributed by atoms with Crippen LogP contribution in [0.5, 0.6) is 0 Å². The Labute approximate surface area is 356 Å². The second-order valence-corrected chi connectivity index (χ2v) is 17.5. The van der Waals surface area contributed by atoms with Crippen molar-refractivity contribution in [3.8, 4) is 10.4 Å². The molecule has 3 atom stereocenters. The Morgan fingerprint density at radius 1 is 0.933 bits per heavy atom. The van der Waals surface area contributed by atoms with E-state index < -0.39 is 12.1 Å². The second kappa shape index (κ2) is 20.3. The molecule has 0 spiro atoms. The van der Waals surface area contributed by atoms with Gasteiger partial charge in [-0.3, -0.25) is 23.8 Å². The van der Waals surface area contributed by atoms with E-state index in [1.807, 2.05) is 64.2 Å². The maximum absolute atomic E-state index is 13.4. The molecule has 0 unspecified atom stereocenters. The maximum atomic E-state index is 13.4. The number of para-hydroxylation sites is 2. The van der Waals surface area contributed by atoms with Crippen LogP contribution in [0.1, 0.15) is 38.4 Å². The van der Waals surface area contributed by atoms with Crippen molar-refractivity contribution in [3.05, 3.63) is 77.6 Å². The van der Waals surface area contributed by atoms with Crippen molar-refractivity contribution in [2.45, 2.75) is 58.8 Å². The van der Waals surface area contributed by atoms with E-state index in [0.717, 1.165) is 77.1 Å². The summed E-state index contributed by atoms with van der Waals surface area (Å²) in [6.07, 6.45) is 1.78. The van der Waals surface area contributed by atoms with Crippen LogP contribution in [0.15, 0.2) is 66.3 Å². The largest absolute Gasteiger partial charge is 0.392 e. The van der Waals surface area contributed by atoms with Crippen LogP contribution < -0.4 is 15.5 Å². The molecule has 5 aromatic rings. The highest BCUT2D eigenvalue weighted by Crippen LogP contribution is 2.28. The minimum absolute atomic E-state index is 0.0985. The molecular formula is C44H59N9O6S. The molecule has 2 amide bonds. The Balaban J connectivity index is 0.739. The van der Waals surface area contributed by atoms with E-state index in [1.165, 1.54) is 0 Å². The van der Waals surface area contributed by atoms with E-state index >= 15 is 0 Å². The third-order valence-corrected chi connectivity index (χ3v) is 12.3. The number of likely N-dealkylation sites (tertiary alicyclic amines) is 1. The Hall–Kier alpha value is -4.55. The van der Waals surface area contributed by atoms with Crippen molar-refractivity contribution in [2.24, 2.45) is 5.41 Å².